The number of thiocarbonyl (C=S) groups is 1. The molecule has 0 spiro atoms. The van der Waals surface area contributed by atoms with Crippen LogP contribution in [0, 0.1) is 5.92 Å². The standard InChI is InChI=1S/C28H28ClN5O4S/c29-23-9-3-1-6-20(23)17-31-34-27(37)22(18-32-12-14-38-15-13-32)26(36)33(28(34)39)25(35)11-5-7-19-16-30-24-10-4-2-8-21(19)24/h1-4,6,8-10,16-17,22,30H,5,7,11-15,18H2/b31-17+. The number of amides is 3. The summed E-state index contributed by atoms with van der Waals surface area (Å²) in [5, 5.41) is 6.56. The maximum atomic E-state index is 13.5. The van der Waals surface area contributed by atoms with Gasteiger partial charge in [0.05, 0.1) is 19.4 Å². The van der Waals surface area contributed by atoms with Crippen molar-refractivity contribution in [2.45, 2.75) is 19.3 Å². The van der Waals surface area contributed by atoms with Crippen molar-refractivity contribution in [3.05, 3.63) is 70.9 Å². The van der Waals surface area contributed by atoms with Gasteiger partial charge in [0, 0.05) is 53.7 Å². The van der Waals surface area contributed by atoms with Crippen molar-refractivity contribution in [3.8, 4) is 0 Å². The second kappa shape index (κ2) is 12.2. The van der Waals surface area contributed by atoms with Crippen LogP contribution < -0.4 is 0 Å². The number of nitrogens with zero attached hydrogens (tertiary/aromatic N) is 4. The number of rotatable bonds is 8. The largest absolute Gasteiger partial charge is 0.379 e. The van der Waals surface area contributed by atoms with Gasteiger partial charge in [0.1, 0.15) is 5.92 Å². The fourth-order valence-electron chi connectivity index (χ4n) is 4.81. The van der Waals surface area contributed by atoms with E-state index in [0.717, 1.165) is 26.4 Å². The van der Waals surface area contributed by atoms with Crippen molar-refractivity contribution in [2.24, 2.45) is 11.0 Å². The van der Waals surface area contributed by atoms with Crippen molar-refractivity contribution in [1.29, 1.82) is 0 Å². The first kappa shape index (κ1) is 27.1. The molecule has 2 fully saturated rings. The number of hydrazone groups is 1. The minimum atomic E-state index is -1.12. The van der Waals surface area contributed by atoms with Gasteiger partial charge in [-0.2, -0.15) is 10.1 Å². The number of aryl methyl sites for hydroxylation is 1. The molecule has 0 saturated carbocycles. The first-order chi connectivity index (χ1) is 18.9. The maximum Gasteiger partial charge on any atom is 0.263 e. The van der Waals surface area contributed by atoms with Crippen molar-refractivity contribution in [2.75, 3.05) is 32.8 Å². The number of hydrogen-bond acceptors (Lipinski definition) is 7. The Labute approximate surface area is 236 Å². The van der Waals surface area contributed by atoms with Gasteiger partial charge in [-0.25, -0.2) is 4.90 Å². The van der Waals surface area contributed by atoms with Gasteiger partial charge in [-0.15, -0.1) is 0 Å². The van der Waals surface area contributed by atoms with Crippen molar-refractivity contribution >= 4 is 63.8 Å². The molecule has 0 aliphatic carbocycles. The zero-order chi connectivity index (χ0) is 27.4. The Balaban J connectivity index is 1.34. The van der Waals surface area contributed by atoms with Gasteiger partial charge in [0.15, 0.2) is 0 Å². The van der Waals surface area contributed by atoms with Crippen LogP contribution in [0.25, 0.3) is 10.9 Å². The van der Waals surface area contributed by atoms with E-state index in [4.69, 9.17) is 28.6 Å². The third-order valence-electron chi connectivity index (χ3n) is 6.92. The van der Waals surface area contributed by atoms with Gasteiger partial charge in [-0.05, 0) is 42.8 Å². The molecule has 0 bridgehead atoms. The Bertz CT molecular complexity index is 1430. The number of morpholine rings is 1. The summed E-state index contributed by atoms with van der Waals surface area (Å²) in [6.07, 6.45) is 4.60. The van der Waals surface area contributed by atoms with Gasteiger partial charge in [-0.1, -0.05) is 48.0 Å². The van der Waals surface area contributed by atoms with Gasteiger partial charge < -0.3 is 9.72 Å². The lowest BCUT2D eigenvalue weighted by atomic mass is 10.0. The lowest BCUT2D eigenvalue weighted by Crippen LogP contribution is -2.62. The first-order valence-electron chi connectivity index (χ1n) is 12.8. The highest BCUT2D eigenvalue weighted by molar-refractivity contribution is 7.80. The van der Waals surface area contributed by atoms with Crippen LogP contribution in [0.4, 0.5) is 0 Å². The van der Waals surface area contributed by atoms with Crippen molar-refractivity contribution < 1.29 is 19.1 Å². The summed E-state index contributed by atoms with van der Waals surface area (Å²) in [7, 11) is 0. The Kier molecular flexibility index (Phi) is 8.47. The molecular weight excluding hydrogens is 538 g/mol. The molecule has 1 aromatic heterocycles. The monoisotopic (exact) mass is 565 g/mol. The molecule has 0 radical (unpaired) electrons. The van der Waals surface area contributed by atoms with Crippen LogP contribution in [0.1, 0.15) is 24.0 Å². The molecule has 1 atom stereocenters. The molecule has 3 amide bonds. The van der Waals surface area contributed by atoms with E-state index in [2.05, 4.69) is 10.1 Å². The van der Waals surface area contributed by atoms with E-state index in [1.165, 1.54) is 6.21 Å². The highest BCUT2D eigenvalue weighted by Crippen LogP contribution is 2.24. The highest BCUT2D eigenvalue weighted by Gasteiger charge is 2.47. The van der Waals surface area contributed by atoms with E-state index in [-0.39, 0.29) is 18.1 Å². The summed E-state index contributed by atoms with van der Waals surface area (Å²) in [5.74, 6) is -2.75. The molecule has 2 aromatic carbocycles. The number of para-hydroxylation sites is 1. The van der Waals surface area contributed by atoms with E-state index in [1.807, 2.05) is 35.4 Å². The quantitative estimate of drug-likeness (QED) is 0.255. The predicted octanol–water partition coefficient (Wildman–Crippen LogP) is 3.61. The maximum absolute atomic E-state index is 13.5. The summed E-state index contributed by atoms with van der Waals surface area (Å²) >= 11 is 11.7. The smallest absolute Gasteiger partial charge is 0.263 e. The van der Waals surface area contributed by atoms with Crippen LogP contribution in [0.15, 0.2) is 59.8 Å². The molecular formula is C28H28ClN5O4S. The van der Waals surface area contributed by atoms with Crippen molar-refractivity contribution in [3.63, 3.8) is 0 Å². The number of ether oxygens (including phenoxy) is 1. The average Bonchev–Trinajstić information content (AvgIpc) is 3.35. The Hall–Kier alpha value is -3.44. The Morgan fingerprint density at radius 3 is 2.64 bits per heavy atom. The molecule has 202 valence electrons. The molecule has 5 rings (SSSR count). The molecule has 9 nitrogen and oxygen atoms in total. The van der Waals surface area contributed by atoms with Crippen LogP contribution in [0.2, 0.25) is 5.02 Å². The number of nitrogens with one attached hydrogen (secondary N) is 1. The lowest BCUT2D eigenvalue weighted by Gasteiger charge is -2.38. The Morgan fingerprint density at radius 2 is 1.85 bits per heavy atom. The van der Waals surface area contributed by atoms with E-state index >= 15 is 0 Å². The van der Waals surface area contributed by atoms with Gasteiger partial charge in [-0.3, -0.25) is 19.3 Å². The lowest BCUT2D eigenvalue weighted by molar-refractivity contribution is -0.153. The van der Waals surface area contributed by atoms with Gasteiger partial charge in [0.2, 0.25) is 16.9 Å². The van der Waals surface area contributed by atoms with Crippen LogP contribution >= 0.6 is 23.8 Å². The normalized spacial score (nSPS) is 19.0. The molecule has 3 aromatic rings. The van der Waals surface area contributed by atoms with E-state index in [0.29, 0.717) is 49.7 Å². The molecule has 2 aliphatic heterocycles. The number of H-pyrrole nitrogens is 1. The Morgan fingerprint density at radius 1 is 1.10 bits per heavy atom. The topological polar surface area (TPSA) is 98.3 Å². The minimum Gasteiger partial charge on any atom is -0.379 e. The summed E-state index contributed by atoms with van der Waals surface area (Å²) in [5.41, 5.74) is 2.70. The van der Waals surface area contributed by atoms with E-state index < -0.39 is 23.6 Å². The number of halogens is 1. The van der Waals surface area contributed by atoms with E-state index in [9.17, 15) is 14.4 Å². The zero-order valence-electron chi connectivity index (χ0n) is 21.2. The fourth-order valence-corrected chi connectivity index (χ4v) is 5.32. The third kappa shape index (κ3) is 5.94. The molecule has 2 saturated heterocycles. The predicted molar refractivity (Wildman–Crippen MR) is 152 cm³/mol. The molecule has 39 heavy (non-hydrogen) atoms. The van der Waals surface area contributed by atoms with Crippen molar-refractivity contribution in [1.82, 2.24) is 19.8 Å². The molecule has 1 unspecified atom stereocenters. The molecule has 2 aliphatic rings. The second-order valence-electron chi connectivity index (χ2n) is 9.44. The summed E-state index contributed by atoms with van der Waals surface area (Å²) in [6, 6.07) is 15.0. The third-order valence-corrected chi connectivity index (χ3v) is 7.62. The second-order valence-corrected chi connectivity index (χ2v) is 10.2. The van der Waals surface area contributed by atoms with Gasteiger partial charge >= 0.3 is 0 Å². The number of aromatic nitrogens is 1. The first-order valence-corrected chi connectivity index (χ1v) is 13.6. The summed E-state index contributed by atoms with van der Waals surface area (Å²) in [6.45, 7) is 2.35. The van der Waals surface area contributed by atoms with Crippen LogP contribution in [-0.4, -0.2) is 81.7 Å². The number of benzene rings is 2. The SMILES string of the molecule is O=C1C(CN2CCOCC2)C(=O)N(C(=O)CCCc2c[nH]c3ccccc23)C(=S)N1/N=C/c1ccccc1Cl. The number of carbonyl (C=O) groups is 3. The number of imide groups is 1. The van der Waals surface area contributed by atoms with Gasteiger partial charge in [0.25, 0.3) is 5.91 Å². The van der Waals surface area contributed by atoms with Crippen LogP contribution in [-0.2, 0) is 25.5 Å². The number of carbonyl (C=O) groups excluding carboxylic acids is 3. The molecule has 11 heteroatoms. The number of hydrogen-bond donors (Lipinski definition) is 1. The number of aromatic amines is 1. The number of fused-ring (bicyclic) bond motifs is 1. The fraction of sp³-hybridized carbons (Fsp3) is 0.321. The van der Waals surface area contributed by atoms with E-state index in [1.54, 1.807) is 24.3 Å². The summed E-state index contributed by atoms with van der Waals surface area (Å²) in [4.78, 5) is 46.6. The average molecular weight is 566 g/mol. The van der Waals surface area contributed by atoms with Crippen LogP contribution in [0.5, 0.6) is 0 Å². The molecule has 3 heterocycles. The highest BCUT2D eigenvalue weighted by atomic mass is 35.5. The zero-order valence-corrected chi connectivity index (χ0v) is 22.8. The minimum absolute atomic E-state index is 0.0892. The van der Waals surface area contributed by atoms with Crippen LogP contribution in [0.3, 0.4) is 0 Å². The molecule has 1 N–H and O–H groups in total. The summed E-state index contributed by atoms with van der Waals surface area (Å²) < 4.78 is 5.40.